The van der Waals surface area contributed by atoms with Crippen molar-refractivity contribution in [1.82, 2.24) is 0 Å². The van der Waals surface area contributed by atoms with Gasteiger partial charge >= 0.3 is 11.9 Å². The number of fused-ring (bicyclic) bond motifs is 1. The number of rotatable bonds is 7. The Labute approximate surface area is 203 Å². The fraction of sp³-hybridized carbons (Fsp3) is 0.222. The van der Waals surface area contributed by atoms with Gasteiger partial charge in [0.2, 0.25) is 0 Å². The monoisotopic (exact) mass is 472 g/mol. The summed E-state index contributed by atoms with van der Waals surface area (Å²) in [5.41, 5.74) is 1.91. The van der Waals surface area contributed by atoms with E-state index in [4.69, 9.17) is 24.2 Å². The molecule has 0 fully saturated rings. The van der Waals surface area contributed by atoms with Crippen LogP contribution in [-0.2, 0) is 20.9 Å². The van der Waals surface area contributed by atoms with E-state index in [0.717, 1.165) is 5.56 Å². The fourth-order valence-corrected chi connectivity index (χ4v) is 3.52. The highest BCUT2D eigenvalue weighted by Crippen LogP contribution is 2.36. The second-order valence-corrected chi connectivity index (χ2v) is 7.73. The molecule has 1 aliphatic rings. The Morgan fingerprint density at radius 3 is 2.54 bits per heavy atom. The number of amides is 1. The SMILES string of the molecule is CCOC(=O)C(=O)N(Cc1ccccc1)c1ccc2c(c1)OCC(COc1ccc(C#N)cc1)O2. The van der Waals surface area contributed by atoms with Gasteiger partial charge < -0.3 is 18.9 Å². The average molecular weight is 472 g/mol. The highest BCUT2D eigenvalue weighted by Gasteiger charge is 2.28. The van der Waals surface area contributed by atoms with Crippen molar-refractivity contribution in [3.05, 3.63) is 83.9 Å². The van der Waals surface area contributed by atoms with Crippen molar-refractivity contribution in [3.63, 3.8) is 0 Å². The number of hydrogen-bond acceptors (Lipinski definition) is 7. The van der Waals surface area contributed by atoms with E-state index in [9.17, 15) is 9.59 Å². The van der Waals surface area contributed by atoms with Crippen molar-refractivity contribution >= 4 is 17.6 Å². The van der Waals surface area contributed by atoms with E-state index in [1.807, 2.05) is 30.3 Å². The van der Waals surface area contributed by atoms with E-state index in [1.165, 1.54) is 4.90 Å². The van der Waals surface area contributed by atoms with E-state index >= 15 is 0 Å². The first kappa shape index (κ1) is 23.6. The molecule has 4 rings (SSSR count). The number of carbonyl (C=O) groups is 2. The number of ether oxygens (including phenoxy) is 4. The van der Waals surface area contributed by atoms with Crippen LogP contribution < -0.4 is 19.1 Å². The van der Waals surface area contributed by atoms with Gasteiger partial charge in [-0.15, -0.1) is 0 Å². The Balaban J connectivity index is 1.47. The number of esters is 1. The van der Waals surface area contributed by atoms with Gasteiger partial charge in [0.15, 0.2) is 17.6 Å². The smallest absolute Gasteiger partial charge is 0.397 e. The van der Waals surface area contributed by atoms with Crippen LogP contribution >= 0.6 is 0 Å². The van der Waals surface area contributed by atoms with Crippen LogP contribution in [0.15, 0.2) is 72.8 Å². The van der Waals surface area contributed by atoms with Gasteiger partial charge in [-0.25, -0.2) is 4.79 Å². The summed E-state index contributed by atoms with van der Waals surface area (Å²) in [5.74, 6) is -0.0781. The van der Waals surface area contributed by atoms with Crippen molar-refractivity contribution in [2.24, 2.45) is 0 Å². The van der Waals surface area contributed by atoms with E-state index in [2.05, 4.69) is 6.07 Å². The zero-order chi connectivity index (χ0) is 24.6. The van der Waals surface area contributed by atoms with Crippen LogP contribution in [0.25, 0.3) is 0 Å². The first-order valence-electron chi connectivity index (χ1n) is 11.2. The number of nitriles is 1. The molecule has 35 heavy (non-hydrogen) atoms. The molecule has 1 atom stereocenters. The minimum atomic E-state index is -0.918. The second-order valence-electron chi connectivity index (χ2n) is 7.73. The van der Waals surface area contributed by atoms with Crippen LogP contribution in [0.2, 0.25) is 0 Å². The summed E-state index contributed by atoms with van der Waals surface area (Å²) in [5, 5.41) is 8.89. The third kappa shape index (κ3) is 5.89. The number of benzene rings is 3. The molecule has 0 radical (unpaired) electrons. The van der Waals surface area contributed by atoms with E-state index < -0.39 is 11.9 Å². The van der Waals surface area contributed by atoms with Gasteiger partial charge in [-0.3, -0.25) is 9.69 Å². The lowest BCUT2D eigenvalue weighted by Crippen LogP contribution is -2.38. The zero-order valence-corrected chi connectivity index (χ0v) is 19.2. The molecule has 3 aromatic carbocycles. The Morgan fingerprint density at radius 2 is 1.83 bits per heavy atom. The quantitative estimate of drug-likeness (QED) is 0.380. The van der Waals surface area contributed by atoms with Crippen molar-refractivity contribution in [1.29, 1.82) is 5.26 Å². The summed E-state index contributed by atoms with van der Waals surface area (Å²) in [4.78, 5) is 26.4. The van der Waals surface area contributed by atoms with Gasteiger partial charge in [0, 0.05) is 11.8 Å². The minimum Gasteiger partial charge on any atom is -0.490 e. The fourth-order valence-electron chi connectivity index (χ4n) is 3.52. The molecule has 1 aliphatic heterocycles. The highest BCUT2D eigenvalue weighted by molar-refractivity contribution is 6.38. The van der Waals surface area contributed by atoms with Crippen LogP contribution in [-0.4, -0.2) is 37.8 Å². The van der Waals surface area contributed by atoms with Gasteiger partial charge in [0.05, 0.1) is 24.8 Å². The standard InChI is InChI=1S/C27H24N2O6/c1-2-32-27(31)26(30)29(16-20-6-4-3-5-7-20)21-10-13-24-25(14-21)34-18-23(35-24)17-33-22-11-8-19(15-28)9-12-22/h3-14,23H,2,16-18H2,1H3. The Morgan fingerprint density at radius 1 is 1.06 bits per heavy atom. The summed E-state index contributed by atoms with van der Waals surface area (Å²) in [6.45, 7) is 2.46. The lowest BCUT2D eigenvalue weighted by Gasteiger charge is -2.28. The molecule has 0 N–H and O–H groups in total. The molecule has 0 spiro atoms. The molecule has 3 aromatic rings. The summed E-state index contributed by atoms with van der Waals surface area (Å²) < 4.78 is 22.6. The molecular formula is C27H24N2O6. The van der Waals surface area contributed by atoms with E-state index in [1.54, 1.807) is 49.4 Å². The van der Waals surface area contributed by atoms with Crippen molar-refractivity contribution in [2.45, 2.75) is 19.6 Å². The van der Waals surface area contributed by atoms with E-state index in [-0.39, 0.29) is 32.5 Å². The normalized spacial score (nSPS) is 13.9. The maximum Gasteiger partial charge on any atom is 0.397 e. The van der Waals surface area contributed by atoms with E-state index in [0.29, 0.717) is 28.5 Å². The zero-order valence-electron chi connectivity index (χ0n) is 19.2. The van der Waals surface area contributed by atoms with Crippen LogP contribution in [0.3, 0.4) is 0 Å². The predicted octanol–water partition coefficient (Wildman–Crippen LogP) is 3.87. The summed E-state index contributed by atoms with van der Waals surface area (Å²) >= 11 is 0. The number of anilines is 1. The molecule has 1 unspecified atom stereocenters. The molecule has 0 aromatic heterocycles. The lowest BCUT2D eigenvalue weighted by molar-refractivity contribution is -0.153. The van der Waals surface area contributed by atoms with Gasteiger partial charge in [0.25, 0.3) is 0 Å². The maximum atomic E-state index is 12.9. The molecule has 0 bridgehead atoms. The molecular weight excluding hydrogens is 448 g/mol. The Bertz CT molecular complexity index is 1220. The van der Waals surface area contributed by atoms with Crippen LogP contribution in [0, 0.1) is 11.3 Å². The van der Waals surface area contributed by atoms with Crippen LogP contribution in [0.4, 0.5) is 5.69 Å². The molecule has 8 heteroatoms. The Kier molecular flexibility index (Phi) is 7.48. The topological polar surface area (TPSA) is 98.1 Å². The van der Waals surface area contributed by atoms with Crippen LogP contribution in [0.1, 0.15) is 18.1 Å². The summed E-state index contributed by atoms with van der Waals surface area (Å²) in [6.07, 6.45) is -0.342. The van der Waals surface area contributed by atoms with Gasteiger partial charge in [0.1, 0.15) is 19.0 Å². The number of carbonyl (C=O) groups excluding carboxylic acids is 2. The average Bonchev–Trinajstić information content (AvgIpc) is 2.91. The summed E-state index contributed by atoms with van der Waals surface area (Å²) in [7, 11) is 0. The largest absolute Gasteiger partial charge is 0.490 e. The van der Waals surface area contributed by atoms with Gasteiger partial charge in [-0.1, -0.05) is 30.3 Å². The first-order valence-corrected chi connectivity index (χ1v) is 11.2. The van der Waals surface area contributed by atoms with Gasteiger partial charge in [-0.2, -0.15) is 5.26 Å². The predicted molar refractivity (Wildman–Crippen MR) is 127 cm³/mol. The molecule has 178 valence electrons. The first-order chi connectivity index (χ1) is 17.1. The maximum absolute atomic E-state index is 12.9. The third-order valence-electron chi connectivity index (χ3n) is 5.26. The van der Waals surface area contributed by atoms with Crippen molar-refractivity contribution < 1.29 is 28.5 Å². The molecule has 8 nitrogen and oxygen atoms in total. The molecule has 0 saturated heterocycles. The lowest BCUT2D eigenvalue weighted by atomic mass is 10.1. The van der Waals surface area contributed by atoms with Crippen LogP contribution in [0.5, 0.6) is 17.2 Å². The van der Waals surface area contributed by atoms with Gasteiger partial charge in [-0.05, 0) is 48.9 Å². The highest BCUT2D eigenvalue weighted by atomic mass is 16.6. The summed E-state index contributed by atoms with van der Waals surface area (Å²) in [6, 6.07) is 23.3. The Hall–Kier alpha value is -4.51. The third-order valence-corrected chi connectivity index (χ3v) is 5.26. The molecule has 0 aliphatic carbocycles. The number of hydrogen-bond donors (Lipinski definition) is 0. The van der Waals surface area contributed by atoms with Crippen molar-refractivity contribution in [3.8, 4) is 23.3 Å². The second kappa shape index (κ2) is 11.1. The minimum absolute atomic E-state index is 0.108. The van der Waals surface area contributed by atoms with Crippen molar-refractivity contribution in [2.75, 3.05) is 24.7 Å². The molecule has 1 amide bonds. The molecule has 0 saturated carbocycles. The molecule has 1 heterocycles. The number of nitrogens with zero attached hydrogens (tertiary/aromatic N) is 2.